The molecule has 0 aliphatic rings. The van der Waals surface area contributed by atoms with E-state index in [1.54, 1.807) is 6.08 Å². The van der Waals surface area contributed by atoms with Gasteiger partial charge in [0.15, 0.2) is 0 Å². The molecule has 0 atom stereocenters. The summed E-state index contributed by atoms with van der Waals surface area (Å²) in [6.07, 6.45) is 1.75. The van der Waals surface area contributed by atoms with Gasteiger partial charge in [0.05, 0.1) is 10.1 Å². The van der Waals surface area contributed by atoms with E-state index in [1.165, 1.54) is 0 Å². The van der Waals surface area contributed by atoms with Gasteiger partial charge >= 0.3 is 0 Å². The lowest BCUT2D eigenvalue weighted by atomic mass is 10.2. The van der Waals surface area contributed by atoms with Crippen molar-refractivity contribution in [1.82, 2.24) is 0 Å². The molecule has 0 nitrogen and oxygen atoms in total. The van der Waals surface area contributed by atoms with Crippen molar-refractivity contribution in [3.8, 4) is 0 Å². The predicted molar refractivity (Wildman–Crippen MR) is 53.0 cm³/mol. The van der Waals surface area contributed by atoms with Crippen LogP contribution in [0.25, 0.3) is 0 Å². The fraction of sp³-hybridized carbons (Fsp3) is 0.333. The first-order valence-corrected chi connectivity index (χ1v) is 4.06. The maximum Gasteiger partial charge on any atom is 0.0594 e. The number of hydrogen-bond donors (Lipinski definition) is 0. The fourth-order valence-corrected chi connectivity index (χ4v) is 0.948. The zero-order valence-electron chi connectivity index (χ0n) is 7.04. The molecule has 0 rings (SSSR count). The Morgan fingerprint density at radius 3 is 1.91 bits per heavy atom. The first kappa shape index (κ1) is 10.8. The van der Waals surface area contributed by atoms with Crippen LogP contribution in [-0.2, 0) is 0 Å². The maximum atomic E-state index is 5.85. The van der Waals surface area contributed by atoms with Crippen molar-refractivity contribution in [3.63, 3.8) is 0 Å². The molecule has 0 heterocycles. The lowest BCUT2D eigenvalue weighted by Gasteiger charge is -1.98. The molecule has 0 aliphatic heterocycles. The third kappa shape index (κ3) is 4.28. The summed E-state index contributed by atoms with van der Waals surface area (Å²) >= 11 is 11.7. The van der Waals surface area contributed by atoms with E-state index in [0.29, 0.717) is 10.1 Å². The standard InChI is InChI=1S/C9H12Cl2/c1-6(2)5-8(10)9(11)7(3)4/h5H,1H2,2-4H3. The molecule has 0 fully saturated rings. The third-order valence-electron chi connectivity index (χ3n) is 1.02. The molecule has 0 aromatic rings. The zero-order chi connectivity index (χ0) is 9.02. The molecule has 0 N–H and O–H groups in total. The van der Waals surface area contributed by atoms with E-state index >= 15 is 0 Å². The molecular formula is C9H12Cl2. The average molecular weight is 191 g/mol. The maximum absolute atomic E-state index is 5.85. The van der Waals surface area contributed by atoms with Crippen LogP contribution in [-0.4, -0.2) is 0 Å². The Bertz CT molecular complexity index is 218. The van der Waals surface area contributed by atoms with Crippen molar-refractivity contribution in [2.75, 3.05) is 0 Å². The van der Waals surface area contributed by atoms with Crippen LogP contribution in [0.2, 0.25) is 0 Å². The number of halogens is 2. The third-order valence-corrected chi connectivity index (χ3v) is 2.00. The van der Waals surface area contributed by atoms with Crippen molar-refractivity contribution in [2.24, 2.45) is 0 Å². The molecule has 0 unspecified atom stereocenters. The molecule has 0 amide bonds. The summed E-state index contributed by atoms with van der Waals surface area (Å²) in [4.78, 5) is 0. The second-order valence-electron chi connectivity index (χ2n) is 2.65. The highest BCUT2D eigenvalue weighted by atomic mass is 35.5. The fourth-order valence-electron chi connectivity index (χ4n) is 0.519. The molecule has 0 aromatic carbocycles. The van der Waals surface area contributed by atoms with Gasteiger partial charge in [-0.15, -0.1) is 0 Å². The Morgan fingerprint density at radius 1 is 1.18 bits per heavy atom. The second-order valence-corrected chi connectivity index (χ2v) is 3.44. The average Bonchev–Trinajstić information content (AvgIpc) is 1.84. The van der Waals surface area contributed by atoms with Gasteiger partial charge < -0.3 is 0 Å². The van der Waals surface area contributed by atoms with Gasteiger partial charge in [0.2, 0.25) is 0 Å². The van der Waals surface area contributed by atoms with E-state index < -0.39 is 0 Å². The van der Waals surface area contributed by atoms with Crippen molar-refractivity contribution < 1.29 is 0 Å². The molecule has 0 spiro atoms. The van der Waals surface area contributed by atoms with E-state index in [2.05, 4.69) is 6.58 Å². The molecule has 0 radical (unpaired) electrons. The molecule has 0 aliphatic carbocycles. The zero-order valence-corrected chi connectivity index (χ0v) is 8.55. The molecule has 0 aromatic heterocycles. The quantitative estimate of drug-likeness (QED) is 0.573. The number of hydrogen-bond acceptors (Lipinski definition) is 0. The Kier molecular flexibility index (Phi) is 4.55. The van der Waals surface area contributed by atoms with Gasteiger partial charge in [-0.1, -0.05) is 40.9 Å². The second kappa shape index (κ2) is 4.63. The van der Waals surface area contributed by atoms with Gasteiger partial charge in [-0.2, -0.15) is 0 Å². The summed E-state index contributed by atoms with van der Waals surface area (Å²) in [5, 5.41) is 1.16. The Balaban J connectivity index is 4.63. The van der Waals surface area contributed by atoms with Crippen LogP contribution in [0, 0.1) is 0 Å². The highest BCUT2D eigenvalue weighted by Gasteiger charge is 1.99. The summed E-state index contributed by atoms with van der Waals surface area (Å²) in [5.74, 6) is 0. The van der Waals surface area contributed by atoms with E-state index in [4.69, 9.17) is 23.2 Å². The topological polar surface area (TPSA) is 0 Å². The van der Waals surface area contributed by atoms with Crippen LogP contribution in [0.15, 0.2) is 33.9 Å². The van der Waals surface area contributed by atoms with Crippen LogP contribution >= 0.6 is 23.2 Å². The van der Waals surface area contributed by atoms with Crippen molar-refractivity contribution in [3.05, 3.63) is 33.9 Å². The first-order chi connectivity index (χ1) is 4.95. The minimum atomic E-state index is 0.555. The van der Waals surface area contributed by atoms with E-state index in [0.717, 1.165) is 11.1 Å². The Labute approximate surface area is 78.2 Å². The number of rotatable bonds is 2. The smallest absolute Gasteiger partial charge is 0.0594 e. The summed E-state index contributed by atoms with van der Waals surface area (Å²) in [6.45, 7) is 9.39. The van der Waals surface area contributed by atoms with Crippen LogP contribution in [0.5, 0.6) is 0 Å². The highest BCUT2D eigenvalue weighted by molar-refractivity contribution is 6.44. The minimum Gasteiger partial charge on any atom is -0.0961 e. The van der Waals surface area contributed by atoms with Gasteiger partial charge in [0.1, 0.15) is 0 Å². The molecule has 62 valence electrons. The Morgan fingerprint density at radius 2 is 1.64 bits per heavy atom. The van der Waals surface area contributed by atoms with Gasteiger partial charge in [0.25, 0.3) is 0 Å². The van der Waals surface area contributed by atoms with Crippen molar-refractivity contribution in [1.29, 1.82) is 0 Å². The van der Waals surface area contributed by atoms with Crippen LogP contribution in [0.1, 0.15) is 20.8 Å². The SMILES string of the molecule is C=C(C)C=C(Cl)C(Cl)=C(C)C. The van der Waals surface area contributed by atoms with Crippen LogP contribution in [0.4, 0.5) is 0 Å². The summed E-state index contributed by atoms with van der Waals surface area (Å²) in [7, 11) is 0. The molecule has 0 saturated heterocycles. The normalized spacial score (nSPS) is 11.2. The lowest BCUT2D eigenvalue weighted by molar-refractivity contribution is 1.36. The monoisotopic (exact) mass is 190 g/mol. The minimum absolute atomic E-state index is 0.555. The largest absolute Gasteiger partial charge is 0.0961 e. The van der Waals surface area contributed by atoms with Gasteiger partial charge in [-0.3, -0.25) is 0 Å². The molecule has 0 bridgehead atoms. The van der Waals surface area contributed by atoms with E-state index in [9.17, 15) is 0 Å². The van der Waals surface area contributed by atoms with Crippen molar-refractivity contribution in [2.45, 2.75) is 20.8 Å². The van der Waals surface area contributed by atoms with Gasteiger partial charge in [-0.05, 0) is 26.8 Å². The van der Waals surface area contributed by atoms with Crippen molar-refractivity contribution >= 4 is 23.2 Å². The summed E-state index contributed by atoms with van der Waals surface area (Å²) in [5.41, 5.74) is 1.91. The van der Waals surface area contributed by atoms with Gasteiger partial charge in [0, 0.05) is 0 Å². The van der Waals surface area contributed by atoms with E-state index in [-0.39, 0.29) is 0 Å². The van der Waals surface area contributed by atoms with Crippen LogP contribution < -0.4 is 0 Å². The number of allylic oxidation sites excluding steroid dienone is 5. The van der Waals surface area contributed by atoms with E-state index in [1.807, 2.05) is 20.8 Å². The summed E-state index contributed by atoms with van der Waals surface area (Å²) < 4.78 is 0. The predicted octanol–water partition coefficient (Wildman–Crippen LogP) is 4.22. The first-order valence-electron chi connectivity index (χ1n) is 3.31. The lowest BCUT2D eigenvalue weighted by Crippen LogP contribution is -1.77. The van der Waals surface area contributed by atoms with Gasteiger partial charge in [-0.25, -0.2) is 0 Å². The molecule has 2 heteroatoms. The Hall–Kier alpha value is -0.200. The molecule has 11 heavy (non-hydrogen) atoms. The molecular weight excluding hydrogens is 179 g/mol. The van der Waals surface area contributed by atoms with Crippen LogP contribution in [0.3, 0.4) is 0 Å². The highest BCUT2D eigenvalue weighted by Crippen LogP contribution is 2.23. The summed E-state index contributed by atoms with van der Waals surface area (Å²) in [6, 6.07) is 0. The molecule has 0 saturated carbocycles.